The Balaban J connectivity index is 2.29. The maximum atomic E-state index is 6.08. The van der Waals surface area contributed by atoms with Crippen LogP contribution in [0.1, 0.15) is 12.8 Å². The highest BCUT2D eigenvalue weighted by molar-refractivity contribution is 14.1. The van der Waals surface area contributed by atoms with Crippen molar-refractivity contribution in [3.05, 3.63) is 8.98 Å². The molecular formula is C9H8ClIN4S. The lowest BCUT2D eigenvalue weighted by Gasteiger charge is -2.02. The van der Waals surface area contributed by atoms with Gasteiger partial charge in [0.25, 0.3) is 0 Å². The van der Waals surface area contributed by atoms with Gasteiger partial charge < -0.3 is 4.57 Å². The number of aromatic nitrogens is 4. The van der Waals surface area contributed by atoms with Crippen molar-refractivity contribution in [3.63, 3.8) is 0 Å². The smallest absolute Gasteiger partial charge is 0.194 e. The normalized spacial score (nSPS) is 16.1. The second-order valence-electron chi connectivity index (χ2n) is 3.56. The van der Waals surface area contributed by atoms with Crippen LogP contribution in [0.15, 0.2) is 5.16 Å². The van der Waals surface area contributed by atoms with Gasteiger partial charge in [-0.15, -0.1) is 0 Å². The number of thioether (sulfide) groups is 1. The molecule has 0 amide bonds. The van der Waals surface area contributed by atoms with Crippen LogP contribution in [0.5, 0.6) is 0 Å². The second-order valence-corrected chi connectivity index (χ2v) is 5.94. The third-order valence-corrected chi connectivity index (χ3v) is 4.31. The van der Waals surface area contributed by atoms with Gasteiger partial charge >= 0.3 is 0 Å². The van der Waals surface area contributed by atoms with E-state index in [0.717, 1.165) is 28.6 Å². The van der Waals surface area contributed by atoms with Gasteiger partial charge in [0, 0.05) is 34.9 Å². The van der Waals surface area contributed by atoms with Crippen molar-refractivity contribution in [3.8, 4) is 0 Å². The van der Waals surface area contributed by atoms with Crippen LogP contribution >= 0.6 is 46.0 Å². The summed E-state index contributed by atoms with van der Waals surface area (Å²) in [5.41, 5.74) is 1.60. The Kier molecular flexibility index (Phi) is 2.97. The van der Waals surface area contributed by atoms with Gasteiger partial charge in [0.1, 0.15) is 5.52 Å². The molecule has 0 saturated carbocycles. The first kappa shape index (κ1) is 11.0. The molecule has 0 radical (unpaired) electrons. The number of nitrogens with zero attached hydrogens (tertiary/aromatic N) is 4. The first-order valence-corrected chi connectivity index (χ1v) is 7.42. The number of rotatable bonds is 0. The van der Waals surface area contributed by atoms with E-state index in [1.807, 2.05) is 0 Å². The number of imidazole rings is 1. The van der Waals surface area contributed by atoms with Gasteiger partial charge in [0.15, 0.2) is 19.8 Å². The van der Waals surface area contributed by atoms with Gasteiger partial charge in [0.2, 0.25) is 0 Å². The van der Waals surface area contributed by atoms with Crippen LogP contribution in [0.3, 0.4) is 0 Å². The molecular weight excluding hydrogens is 359 g/mol. The van der Waals surface area contributed by atoms with E-state index in [-0.39, 0.29) is 0 Å². The van der Waals surface area contributed by atoms with Gasteiger partial charge in [-0.2, -0.15) is 0 Å². The van der Waals surface area contributed by atoms with Gasteiger partial charge in [-0.05, 0) is 12.8 Å². The van der Waals surface area contributed by atoms with Crippen molar-refractivity contribution >= 4 is 57.1 Å². The summed E-state index contributed by atoms with van der Waals surface area (Å²) in [5.74, 6) is 1.12. The molecule has 1 aliphatic heterocycles. The summed E-state index contributed by atoms with van der Waals surface area (Å²) in [6, 6.07) is 0. The highest BCUT2D eigenvalue weighted by atomic mass is 127. The van der Waals surface area contributed by atoms with E-state index in [1.54, 1.807) is 11.8 Å². The minimum absolute atomic E-state index is 0.454. The standard InChI is InChI=1S/C9H8ClIN4S/c10-6-5-7(14-8(11)13-6)15-3-1-2-4-16-9(15)12-5/h1-4H2. The van der Waals surface area contributed by atoms with E-state index >= 15 is 0 Å². The van der Waals surface area contributed by atoms with Crippen molar-refractivity contribution < 1.29 is 0 Å². The summed E-state index contributed by atoms with van der Waals surface area (Å²) in [4.78, 5) is 13.1. The van der Waals surface area contributed by atoms with E-state index in [4.69, 9.17) is 11.6 Å². The lowest BCUT2D eigenvalue weighted by atomic mass is 10.3. The van der Waals surface area contributed by atoms with Crippen LogP contribution < -0.4 is 0 Å². The molecule has 0 unspecified atom stereocenters. The lowest BCUT2D eigenvalue weighted by Crippen LogP contribution is -2.00. The number of fused-ring (bicyclic) bond motifs is 3. The zero-order valence-electron chi connectivity index (χ0n) is 8.28. The van der Waals surface area contributed by atoms with E-state index < -0.39 is 0 Å². The third kappa shape index (κ3) is 1.80. The molecule has 0 fully saturated rings. The van der Waals surface area contributed by atoms with Crippen molar-refractivity contribution in [1.29, 1.82) is 0 Å². The van der Waals surface area contributed by atoms with Crippen molar-refractivity contribution in [2.24, 2.45) is 0 Å². The van der Waals surface area contributed by atoms with Crippen molar-refractivity contribution in [2.45, 2.75) is 24.5 Å². The molecule has 0 aromatic carbocycles. The SMILES string of the molecule is Clc1nc(I)nc2c1nc1n2CCCCS1. The molecule has 0 N–H and O–H groups in total. The Hall–Kier alpha value is -0.0800. The summed E-state index contributed by atoms with van der Waals surface area (Å²) in [6.07, 6.45) is 2.40. The van der Waals surface area contributed by atoms with E-state index in [2.05, 4.69) is 42.1 Å². The number of hydrogen-bond donors (Lipinski definition) is 0. The van der Waals surface area contributed by atoms with E-state index in [0.29, 0.717) is 8.98 Å². The molecule has 1 aliphatic rings. The predicted octanol–water partition coefficient (Wildman–Crippen LogP) is 2.97. The topological polar surface area (TPSA) is 43.6 Å². The Morgan fingerprint density at radius 1 is 1.25 bits per heavy atom. The number of aryl methyl sites for hydroxylation is 1. The minimum atomic E-state index is 0.454. The fourth-order valence-electron chi connectivity index (χ4n) is 1.77. The molecule has 4 nitrogen and oxygen atoms in total. The number of hydrogen-bond acceptors (Lipinski definition) is 4. The molecule has 0 aliphatic carbocycles. The van der Waals surface area contributed by atoms with Gasteiger partial charge in [-0.25, -0.2) is 15.0 Å². The van der Waals surface area contributed by atoms with Gasteiger partial charge in [-0.3, -0.25) is 0 Å². The maximum absolute atomic E-state index is 6.08. The van der Waals surface area contributed by atoms with Crippen LogP contribution in [0.4, 0.5) is 0 Å². The van der Waals surface area contributed by atoms with E-state index in [9.17, 15) is 0 Å². The average molecular weight is 367 g/mol. The molecule has 0 bridgehead atoms. The lowest BCUT2D eigenvalue weighted by molar-refractivity contribution is 0.613. The minimum Gasteiger partial charge on any atom is -0.303 e. The first-order valence-electron chi connectivity index (χ1n) is 4.98. The Bertz CT molecular complexity index is 556. The van der Waals surface area contributed by atoms with E-state index in [1.165, 1.54) is 12.8 Å². The highest BCUT2D eigenvalue weighted by Gasteiger charge is 2.18. The predicted molar refractivity (Wildman–Crippen MR) is 73.0 cm³/mol. The molecule has 16 heavy (non-hydrogen) atoms. The van der Waals surface area contributed by atoms with Crippen LogP contribution in [-0.4, -0.2) is 25.3 Å². The zero-order chi connectivity index (χ0) is 11.1. The molecule has 0 atom stereocenters. The molecule has 0 saturated heterocycles. The van der Waals surface area contributed by atoms with Gasteiger partial charge in [0.05, 0.1) is 0 Å². The summed E-state index contributed by atoms with van der Waals surface area (Å²) in [6.45, 7) is 0.974. The number of halogens is 2. The monoisotopic (exact) mass is 366 g/mol. The summed E-state index contributed by atoms with van der Waals surface area (Å²) in [7, 11) is 0. The highest BCUT2D eigenvalue weighted by Crippen LogP contribution is 2.29. The molecule has 84 valence electrons. The molecule has 2 aromatic heterocycles. The zero-order valence-corrected chi connectivity index (χ0v) is 12.0. The Labute approximate surface area is 115 Å². The van der Waals surface area contributed by atoms with Crippen molar-refractivity contribution in [2.75, 3.05) is 5.75 Å². The molecule has 3 rings (SSSR count). The van der Waals surface area contributed by atoms with Gasteiger partial charge in [-0.1, -0.05) is 23.4 Å². The van der Waals surface area contributed by atoms with Crippen LogP contribution in [0, 0.1) is 3.83 Å². The molecule has 0 spiro atoms. The fraction of sp³-hybridized carbons (Fsp3) is 0.444. The van der Waals surface area contributed by atoms with Crippen molar-refractivity contribution in [1.82, 2.24) is 19.5 Å². The average Bonchev–Trinajstić information content (AvgIpc) is 2.46. The van der Waals surface area contributed by atoms with Crippen LogP contribution in [0.25, 0.3) is 11.2 Å². The molecule has 2 aromatic rings. The molecule has 7 heteroatoms. The Morgan fingerprint density at radius 2 is 2.12 bits per heavy atom. The fourth-order valence-corrected chi connectivity index (χ4v) is 3.61. The molecule has 3 heterocycles. The summed E-state index contributed by atoms with van der Waals surface area (Å²) in [5, 5.41) is 1.47. The first-order chi connectivity index (χ1) is 7.75. The summed E-state index contributed by atoms with van der Waals surface area (Å²) < 4.78 is 2.83. The largest absolute Gasteiger partial charge is 0.303 e. The van der Waals surface area contributed by atoms with Crippen LogP contribution in [-0.2, 0) is 6.54 Å². The second kappa shape index (κ2) is 4.30. The quantitative estimate of drug-likeness (QED) is 0.408. The summed E-state index contributed by atoms with van der Waals surface area (Å²) >= 11 is 9.94. The Morgan fingerprint density at radius 3 is 3.00 bits per heavy atom. The third-order valence-electron chi connectivity index (χ3n) is 2.50. The maximum Gasteiger partial charge on any atom is 0.194 e. The van der Waals surface area contributed by atoms with Crippen LogP contribution in [0.2, 0.25) is 5.15 Å².